The standard InChI is InChI=1S/C11H6ClF17/c12-1-2(13)6(18,19)8(22,23)10(26,27)11(28,29)9(24,25)7(20,21)4(15)3(14)5(16)17/h2-5H,1H2. The Hall–Kier alpha value is -0.900. The zero-order chi connectivity index (χ0) is 24.0. The summed E-state index contributed by atoms with van der Waals surface area (Å²) >= 11 is 4.32. The first-order chi connectivity index (χ1) is 12.5. The van der Waals surface area contributed by atoms with E-state index in [-0.39, 0.29) is 0 Å². The molecule has 0 spiro atoms. The average Bonchev–Trinajstić information content (AvgIpc) is 2.58. The van der Waals surface area contributed by atoms with Crippen LogP contribution in [0.1, 0.15) is 0 Å². The van der Waals surface area contributed by atoms with E-state index < -0.39 is 66.4 Å². The highest BCUT2D eigenvalue weighted by molar-refractivity contribution is 6.18. The summed E-state index contributed by atoms with van der Waals surface area (Å²) in [5, 5.41) is 0. The van der Waals surface area contributed by atoms with Crippen molar-refractivity contribution in [3.63, 3.8) is 0 Å². The fraction of sp³-hybridized carbons (Fsp3) is 1.00. The second-order valence-electron chi connectivity index (χ2n) is 5.35. The molecule has 0 saturated carbocycles. The Balaban J connectivity index is 6.49. The predicted octanol–water partition coefficient (Wildman–Crippen LogP) is 6.32. The Bertz CT molecular complexity index is 558. The minimum atomic E-state index is -8.35. The molecule has 0 radical (unpaired) electrons. The number of halogens is 18. The van der Waals surface area contributed by atoms with Crippen LogP contribution in [0.15, 0.2) is 0 Å². The highest BCUT2D eigenvalue weighted by Crippen LogP contribution is 2.61. The van der Waals surface area contributed by atoms with Crippen LogP contribution in [-0.2, 0) is 0 Å². The topological polar surface area (TPSA) is 0 Å². The summed E-state index contributed by atoms with van der Waals surface area (Å²) in [5.74, 6) is -49.4. The first-order valence-corrected chi connectivity index (χ1v) is 7.06. The van der Waals surface area contributed by atoms with Crippen molar-refractivity contribution in [2.45, 2.75) is 60.5 Å². The smallest absolute Gasteiger partial charge is 0.239 e. The number of hydrogen-bond acceptors (Lipinski definition) is 0. The van der Waals surface area contributed by atoms with Crippen LogP contribution in [0.2, 0.25) is 0 Å². The molecule has 18 heteroatoms. The normalized spacial score (nSPS) is 18.7. The van der Waals surface area contributed by atoms with E-state index >= 15 is 0 Å². The highest BCUT2D eigenvalue weighted by Gasteiger charge is 2.91. The lowest BCUT2D eigenvalue weighted by Gasteiger charge is -2.42. The van der Waals surface area contributed by atoms with Crippen molar-refractivity contribution in [1.82, 2.24) is 0 Å². The number of alkyl halides is 18. The van der Waals surface area contributed by atoms with E-state index in [0.29, 0.717) is 0 Å². The molecule has 0 aromatic heterocycles. The summed E-state index contributed by atoms with van der Waals surface area (Å²) in [4.78, 5) is 0. The molecule has 0 aliphatic heterocycles. The maximum Gasteiger partial charge on any atom is 0.384 e. The molecular formula is C11H6ClF17. The SMILES string of the molecule is FC(F)C(F)C(F)C(F)(F)C(F)(F)C(F)(F)C(F)(F)C(F)(F)C(F)(F)C(F)CCl. The van der Waals surface area contributed by atoms with Crippen molar-refractivity contribution in [2.75, 3.05) is 5.88 Å². The van der Waals surface area contributed by atoms with Crippen LogP contribution in [0.5, 0.6) is 0 Å². The highest BCUT2D eigenvalue weighted by atomic mass is 35.5. The number of hydrogen-bond donors (Lipinski definition) is 0. The predicted molar refractivity (Wildman–Crippen MR) is 61.1 cm³/mol. The van der Waals surface area contributed by atoms with Crippen LogP contribution in [0.3, 0.4) is 0 Å². The largest absolute Gasteiger partial charge is 0.384 e. The summed E-state index contributed by atoms with van der Waals surface area (Å²) in [6.45, 7) is 0. The van der Waals surface area contributed by atoms with Gasteiger partial charge in [-0.1, -0.05) is 0 Å². The first-order valence-electron chi connectivity index (χ1n) is 6.53. The van der Waals surface area contributed by atoms with Crippen LogP contribution in [0.25, 0.3) is 0 Å². The van der Waals surface area contributed by atoms with Gasteiger partial charge in [-0.25, -0.2) is 22.0 Å². The van der Waals surface area contributed by atoms with Crippen molar-refractivity contribution >= 4 is 11.6 Å². The maximum absolute atomic E-state index is 13.3. The van der Waals surface area contributed by atoms with Gasteiger partial charge >= 0.3 is 35.5 Å². The van der Waals surface area contributed by atoms with Crippen molar-refractivity contribution in [1.29, 1.82) is 0 Å². The maximum atomic E-state index is 13.3. The van der Waals surface area contributed by atoms with E-state index in [1.165, 1.54) is 0 Å². The van der Waals surface area contributed by atoms with Gasteiger partial charge in [-0.05, 0) is 0 Å². The molecule has 3 unspecified atom stereocenters. The molecule has 0 saturated heterocycles. The van der Waals surface area contributed by atoms with Gasteiger partial charge in [-0.3, -0.25) is 0 Å². The Kier molecular flexibility index (Phi) is 7.73. The van der Waals surface area contributed by atoms with Gasteiger partial charge in [-0.15, -0.1) is 11.6 Å². The van der Waals surface area contributed by atoms with Crippen LogP contribution in [0, 0.1) is 0 Å². The first kappa shape index (κ1) is 28.1. The van der Waals surface area contributed by atoms with E-state index in [2.05, 4.69) is 11.6 Å². The molecule has 0 aromatic rings. The number of rotatable bonds is 10. The van der Waals surface area contributed by atoms with Crippen molar-refractivity contribution < 1.29 is 74.6 Å². The molecule has 0 aliphatic carbocycles. The second-order valence-corrected chi connectivity index (χ2v) is 5.65. The lowest BCUT2D eigenvalue weighted by Crippen LogP contribution is -2.73. The summed E-state index contributed by atoms with van der Waals surface area (Å²) in [5.41, 5.74) is 0. The Morgan fingerprint density at radius 3 is 1.10 bits per heavy atom. The van der Waals surface area contributed by atoms with Gasteiger partial charge in [0.1, 0.15) is 0 Å². The van der Waals surface area contributed by atoms with Crippen LogP contribution in [0.4, 0.5) is 74.6 Å². The molecule has 29 heavy (non-hydrogen) atoms. The average molecular weight is 497 g/mol. The van der Waals surface area contributed by atoms with Gasteiger partial charge in [0, 0.05) is 0 Å². The molecule has 0 nitrogen and oxygen atoms in total. The third kappa shape index (κ3) is 3.91. The molecule has 0 bridgehead atoms. The van der Waals surface area contributed by atoms with E-state index in [1.54, 1.807) is 0 Å². The Morgan fingerprint density at radius 2 is 0.828 bits per heavy atom. The minimum Gasteiger partial charge on any atom is -0.239 e. The lowest BCUT2D eigenvalue weighted by atomic mass is 9.88. The van der Waals surface area contributed by atoms with E-state index in [1.807, 2.05) is 0 Å². The molecule has 0 rings (SSSR count). The van der Waals surface area contributed by atoms with Gasteiger partial charge in [0.15, 0.2) is 12.3 Å². The molecular weight excluding hydrogens is 491 g/mol. The monoisotopic (exact) mass is 496 g/mol. The molecule has 3 atom stereocenters. The van der Waals surface area contributed by atoms with Gasteiger partial charge in [0.25, 0.3) is 6.43 Å². The molecule has 0 aliphatic rings. The Labute approximate surface area is 154 Å². The van der Waals surface area contributed by atoms with Crippen LogP contribution in [-0.4, -0.2) is 66.4 Å². The lowest BCUT2D eigenvalue weighted by molar-refractivity contribution is -0.433. The van der Waals surface area contributed by atoms with Crippen molar-refractivity contribution in [3.05, 3.63) is 0 Å². The Morgan fingerprint density at radius 1 is 0.517 bits per heavy atom. The van der Waals surface area contributed by atoms with E-state index in [9.17, 15) is 74.6 Å². The second kappa shape index (κ2) is 7.98. The van der Waals surface area contributed by atoms with E-state index in [0.717, 1.165) is 0 Å². The van der Waals surface area contributed by atoms with Gasteiger partial charge in [-0.2, -0.15) is 52.7 Å². The minimum absolute atomic E-state index is 2.29. The van der Waals surface area contributed by atoms with Crippen LogP contribution < -0.4 is 0 Å². The van der Waals surface area contributed by atoms with Crippen molar-refractivity contribution in [2.24, 2.45) is 0 Å². The zero-order valence-corrected chi connectivity index (χ0v) is 13.6. The summed E-state index contributed by atoms with van der Waals surface area (Å²) < 4.78 is 220. The zero-order valence-electron chi connectivity index (χ0n) is 12.8. The molecule has 176 valence electrons. The summed E-state index contributed by atoms with van der Waals surface area (Å²) in [6, 6.07) is 0. The van der Waals surface area contributed by atoms with Crippen LogP contribution >= 0.6 is 11.6 Å². The molecule has 0 amide bonds. The molecule has 0 aromatic carbocycles. The third-order valence-corrected chi connectivity index (χ3v) is 3.69. The fourth-order valence-corrected chi connectivity index (χ4v) is 1.80. The van der Waals surface area contributed by atoms with Gasteiger partial charge in [0.2, 0.25) is 6.17 Å². The van der Waals surface area contributed by atoms with Gasteiger partial charge in [0.05, 0.1) is 5.88 Å². The van der Waals surface area contributed by atoms with Crippen molar-refractivity contribution in [3.8, 4) is 0 Å². The van der Waals surface area contributed by atoms with Gasteiger partial charge < -0.3 is 0 Å². The molecule has 0 N–H and O–H groups in total. The quantitative estimate of drug-likeness (QED) is 0.245. The molecule has 0 fully saturated rings. The molecule has 0 heterocycles. The third-order valence-electron chi connectivity index (χ3n) is 3.42. The summed E-state index contributed by atoms with van der Waals surface area (Å²) in [6.07, 6.45) is -20.2. The van der Waals surface area contributed by atoms with E-state index in [4.69, 9.17) is 0 Å². The summed E-state index contributed by atoms with van der Waals surface area (Å²) in [7, 11) is 0. The fourth-order valence-electron chi connectivity index (χ4n) is 1.61.